The summed E-state index contributed by atoms with van der Waals surface area (Å²) < 4.78 is 10.9. The van der Waals surface area contributed by atoms with Crippen LogP contribution in [-0.2, 0) is 9.47 Å². The number of hydrogen-bond acceptors (Lipinski definition) is 3. The molecule has 0 aromatic carbocycles. The average molecular weight is 270 g/mol. The van der Waals surface area contributed by atoms with Crippen molar-refractivity contribution in [2.24, 2.45) is 0 Å². The van der Waals surface area contributed by atoms with E-state index < -0.39 is 0 Å². The molecule has 1 aliphatic heterocycles. The van der Waals surface area contributed by atoms with Crippen LogP contribution in [0.25, 0.3) is 0 Å². The minimum Gasteiger partial charge on any atom is -0.379 e. The maximum absolute atomic E-state index is 12.1. The molecule has 0 aromatic heterocycles. The zero-order valence-electron chi connectivity index (χ0n) is 12.0. The number of ether oxygens (including phenoxy) is 2. The number of carbonyl (C=O) groups excluding carboxylic acids is 1. The number of amides is 2. The van der Waals surface area contributed by atoms with Crippen molar-refractivity contribution < 1.29 is 14.3 Å². The van der Waals surface area contributed by atoms with E-state index in [-0.39, 0.29) is 23.7 Å². The quantitative estimate of drug-likeness (QED) is 0.769. The van der Waals surface area contributed by atoms with Gasteiger partial charge >= 0.3 is 6.03 Å². The average Bonchev–Trinajstić information content (AvgIpc) is 2.66. The summed E-state index contributed by atoms with van der Waals surface area (Å²) in [6.07, 6.45) is 6.61. The number of carbonyl (C=O) groups is 1. The van der Waals surface area contributed by atoms with Crippen LogP contribution in [0, 0.1) is 0 Å². The van der Waals surface area contributed by atoms with Gasteiger partial charge in [-0.1, -0.05) is 19.3 Å². The van der Waals surface area contributed by atoms with Crippen molar-refractivity contribution in [3.63, 3.8) is 0 Å². The van der Waals surface area contributed by atoms with Gasteiger partial charge in [0.1, 0.15) is 0 Å². The van der Waals surface area contributed by atoms with Crippen molar-refractivity contribution in [2.75, 3.05) is 20.3 Å². The summed E-state index contributed by atoms with van der Waals surface area (Å²) in [6, 6.07) is 0.0281. The summed E-state index contributed by atoms with van der Waals surface area (Å²) in [6.45, 7) is 3.35. The van der Waals surface area contributed by atoms with Gasteiger partial charge in [0.2, 0.25) is 0 Å². The Balaban J connectivity index is 1.85. The topological polar surface area (TPSA) is 59.6 Å². The third-order valence-corrected chi connectivity index (χ3v) is 4.21. The van der Waals surface area contributed by atoms with Crippen LogP contribution < -0.4 is 10.6 Å². The van der Waals surface area contributed by atoms with Gasteiger partial charge in [-0.2, -0.15) is 0 Å². The molecule has 0 radical (unpaired) electrons. The smallest absolute Gasteiger partial charge is 0.315 e. The van der Waals surface area contributed by atoms with Crippen LogP contribution in [0.1, 0.15) is 45.4 Å². The second kappa shape index (κ2) is 6.57. The first-order valence-electron chi connectivity index (χ1n) is 7.32. The lowest BCUT2D eigenvalue weighted by atomic mass is 10.0. The molecule has 2 fully saturated rings. The molecular formula is C14H26N2O3. The minimum absolute atomic E-state index is 0.0954. The summed E-state index contributed by atoms with van der Waals surface area (Å²) >= 11 is 0. The Kier molecular flexibility index (Phi) is 5.05. The van der Waals surface area contributed by atoms with Crippen LogP contribution in [0.5, 0.6) is 0 Å². The predicted molar refractivity (Wildman–Crippen MR) is 73.2 cm³/mol. The van der Waals surface area contributed by atoms with Crippen LogP contribution >= 0.6 is 0 Å². The largest absolute Gasteiger partial charge is 0.379 e. The first-order valence-corrected chi connectivity index (χ1v) is 7.32. The highest BCUT2D eigenvalue weighted by molar-refractivity contribution is 5.75. The van der Waals surface area contributed by atoms with E-state index in [1.165, 1.54) is 12.8 Å². The molecule has 5 heteroatoms. The zero-order valence-corrected chi connectivity index (χ0v) is 12.0. The van der Waals surface area contributed by atoms with Crippen LogP contribution in [0.4, 0.5) is 4.79 Å². The molecule has 2 N–H and O–H groups in total. The van der Waals surface area contributed by atoms with E-state index in [0.29, 0.717) is 6.61 Å². The second-order valence-electron chi connectivity index (χ2n) is 5.98. The van der Waals surface area contributed by atoms with E-state index in [0.717, 1.165) is 32.3 Å². The van der Waals surface area contributed by atoms with Gasteiger partial charge in [0.15, 0.2) is 0 Å². The lowest BCUT2D eigenvalue weighted by molar-refractivity contribution is 0.0654. The SMILES string of the molecule is CO[C@H]1CCCCC[C@H]1NC(=O)N[C@]1(C)CCOC1. The molecule has 1 saturated carbocycles. The van der Waals surface area contributed by atoms with Gasteiger partial charge in [0.05, 0.1) is 24.3 Å². The van der Waals surface area contributed by atoms with Gasteiger partial charge in [-0.25, -0.2) is 4.79 Å². The van der Waals surface area contributed by atoms with Gasteiger partial charge < -0.3 is 20.1 Å². The second-order valence-corrected chi connectivity index (χ2v) is 5.98. The Morgan fingerprint density at radius 2 is 2.11 bits per heavy atom. The van der Waals surface area contributed by atoms with Gasteiger partial charge in [0.25, 0.3) is 0 Å². The van der Waals surface area contributed by atoms with E-state index >= 15 is 0 Å². The van der Waals surface area contributed by atoms with Gasteiger partial charge in [-0.05, 0) is 26.2 Å². The molecule has 0 bridgehead atoms. The number of hydrogen-bond donors (Lipinski definition) is 2. The summed E-state index contributed by atoms with van der Waals surface area (Å²) in [5.41, 5.74) is -0.225. The molecule has 2 rings (SSSR count). The maximum atomic E-state index is 12.1. The molecular weight excluding hydrogens is 244 g/mol. The van der Waals surface area contributed by atoms with Crippen LogP contribution in [0.2, 0.25) is 0 Å². The van der Waals surface area contributed by atoms with Crippen molar-refractivity contribution in [1.29, 1.82) is 0 Å². The van der Waals surface area contributed by atoms with Crippen molar-refractivity contribution in [3.8, 4) is 0 Å². The normalized spacial score (nSPS) is 35.7. The Labute approximate surface area is 115 Å². The summed E-state index contributed by atoms with van der Waals surface area (Å²) in [5.74, 6) is 0. The molecule has 2 amide bonds. The first kappa shape index (κ1) is 14.6. The fourth-order valence-electron chi connectivity index (χ4n) is 2.97. The van der Waals surface area contributed by atoms with Gasteiger partial charge in [0, 0.05) is 13.7 Å². The van der Waals surface area contributed by atoms with E-state index in [9.17, 15) is 4.79 Å². The van der Waals surface area contributed by atoms with Crippen molar-refractivity contribution in [2.45, 2.75) is 63.1 Å². The molecule has 0 spiro atoms. The molecule has 0 aromatic rings. The fourth-order valence-corrected chi connectivity index (χ4v) is 2.97. The van der Waals surface area contributed by atoms with E-state index in [1.807, 2.05) is 6.92 Å². The van der Waals surface area contributed by atoms with E-state index in [2.05, 4.69) is 10.6 Å². The molecule has 1 heterocycles. The van der Waals surface area contributed by atoms with Crippen LogP contribution in [0.15, 0.2) is 0 Å². The van der Waals surface area contributed by atoms with Gasteiger partial charge in [-0.15, -0.1) is 0 Å². The van der Waals surface area contributed by atoms with Crippen molar-refractivity contribution in [1.82, 2.24) is 10.6 Å². The molecule has 5 nitrogen and oxygen atoms in total. The molecule has 1 aliphatic carbocycles. The number of nitrogens with one attached hydrogen (secondary N) is 2. The fraction of sp³-hybridized carbons (Fsp3) is 0.929. The van der Waals surface area contributed by atoms with Crippen LogP contribution in [0.3, 0.4) is 0 Å². The molecule has 0 unspecified atom stereocenters. The molecule has 1 saturated heterocycles. The Morgan fingerprint density at radius 3 is 2.79 bits per heavy atom. The summed E-state index contributed by atoms with van der Waals surface area (Å²) in [7, 11) is 1.73. The molecule has 110 valence electrons. The highest BCUT2D eigenvalue weighted by Crippen LogP contribution is 2.21. The number of methoxy groups -OCH3 is 1. The van der Waals surface area contributed by atoms with Gasteiger partial charge in [-0.3, -0.25) is 0 Å². The molecule has 2 aliphatic rings. The highest BCUT2D eigenvalue weighted by atomic mass is 16.5. The lowest BCUT2D eigenvalue weighted by Crippen LogP contribution is -2.55. The van der Waals surface area contributed by atoms with Crippen LogP contribution in [-0.4, -0.2) is 44.0 Å². The predicted octanol–water partition coefficient (Wildman–Crippen LogP) is 1.81. The Bertz CT molecular complexity index is 303. The monoisotopic (exact) mass is 270 g/mol. The van der Waals surface area contributed by atoms with Crippen molar-refractivity contribution >= 4 is 6.03 Å². The third-order valence-electron chi connectivity index (χ3n) is 4.21. The standard InChI is InChI=1S/C14H26N2O3/c1-14(8-9-19-10-14)16-13(17)15-11-6-4-3-5-7-12(11)18-2/h11-12H,3-10H2,1-2H3,(H2,15,16,17)/t11-,12+,14-/m1/s1. The lowest BCUT2D eigenvalue weighted by Gasteiger charge is -2.28. The number of urea groups is 1. The van der Waals surface area contributed by atoms with Crippen molar-refractivity contribution in [3.05, 3.63) is 0 Å². The summed E-state index contributed by atoms with van der Waals surface area (Å²) in [4.78, 5) is 12.1. The van der Waals surface area contributed by atoms with E-state index in [1.54, 1.807) is 7.11 Å². The van der Waals surface area contributed by atoms with E-state index in [4.69, 9.17) is 9.47 Å². The summed E-state index contributed by atoms with van der Waals surface area (Å²) in [5, 5.41) is 6.12. The molecule has 19 heavy (non-hydrogen) atoms. The first-order chi connectivity index (χ1) is 9.13. The zero-order chi connectivity index (χ0) is 13.7. The number of rotatable bonds is 3. The minimum atomic E-state index is -0.225. The third kappa shape index (κ3) is 4.08. The highest BCUT2D eigenvalue weighted by Gasteiger charge is 2.32. The Morgan fingerprint density at radius 1 is 1.32 bits per heavy atom. The molecule has 3 atom stereocenters. The maximum Gasteiger partial charge on any atom is 0.315 e. The Hall–Kier alpha value is -0.810.